The van der Waals surface area contributed by atoms with Crippen LogP contribution in [0, 0.1) is 11.8 Å². The zero-order valence-corrected chi connectivity index (χ0v) is 23.3. The van der Waals surface area contributed by atoms with Crippen LogP contribution < -0.4 is 16.0 Å². The number of nitrogens with zero attached hydrogens (tertiary/aromatic N) is 4. The van der Waals surface area contributed by atoms with Crippen LogP contribution in [0.15, 0.2) is 29.4 Å². The Balaban J connectivity index is 1.28. The molecule has 0 bridgehead atoms. The van der Waals surface area contributed by atoms with Crippen molar-refractivity contribution in [2.45, 2.75) is 77.6 Å². The minimum Gasteiger partial charge on any atom is -0.444 e. The van der Waals surface area contributed by atoms with Crippen LogP contribution in [0.1, 0.15) is 70.1 Å². The van der Waals surface area contributed by atoms with Crippen molar-refractivity contribution in [3.8, 4) is 11.8 Å². The van der Waals surface area contributed by atoms with E-state index in [0.717, 1.165) is 42.0 Å². The van der Waals surface area contributed by atoms with Gasteiger partial charge in [-0.15, -0.1) is 0 Å². The van der Waals surface area contributed by atoms with E-state index in [2.05, 4.69) is 48.8 Å². The van der Waals surface area contributed by atoms with Gasteiger partial charge in [0.1, 0.15) is 17.5 Å². The van der Waals surface area contributed by atoms with Gasteiger partial charge in [-0.2, -0.15) is 4.98 Å². The Labute approximate surface area is 230 Å². The number of carbonyl (C=O) groups excluding carboxylic acids is 2. The summed E-state index contributed by atoms with van der Waals surface area (Å²) < 4.78 is 5.33. The van der Waals surface area contributed by atoms with E-state index in [0.29, 0.717) is 31.4 Å². The SMILES string of the molecule is C[C@@H](C(=O)NCCCC#Cc1cnc(Nc2ccc3c(c2)C=NC3)nc1NC1CC1)N(C)C(=O)OC(C)(C)C. The average Bonchev–Trinajstić information content (AvgIpc) is 3.58. The van der Waals surface area contributed by atoms with E-state index in [1.54, 1.807) is 40.9 Å². The Morgan fingerprint density at radius 2 is 2.05 bits per heavy atom. The van der Waals surface area contributed by atoms with Crippen LogP contribution in [0.25, 0.3) is 0 Å². The summed E-state index contributed by atoms with van der Waals surface area (Å²) in [6, 6.07) is 5.90. The van der Waals surface area contributed by atoms with E-state index in [1.807, 2.05) is 18.3 Å². The number of ether oxygens (including phenoxy) is 1. The number of unbranched alkanes of at least 4 members (excludes halogenated alkanes) is 1. The number of nitrogens with one attached hydrogen (secondary N) is 3. The molecule has 4 rings (SSSR count). The third-order valence-electron chi connectivity index (χ3n) is 6.24. The first kappa shape index (κ1) is 27.9. The van der Waals surface area contributed by atoms with Crippen molar-refractivity contribution in [3.05, 3.63) is 41.1 Å². The number of amides is 2. The van der Waals surface area contributed by atoms with Crippen molar-refractivity contribution in [2.24, 2.45) is 4.99 Å². The number of hydrogen-bond donors (Lipinski definition) is 3. The Bertz CT molecular complexity index is 1300. The molecule has 206 valence electrons. The molecule has 2 amide bonds. The van der Waals surface area contributed by atoms with Gasteiger partial charge in [-0.3, -0.25) is 14.7 Å². The van der Waals surface area contributed by atoms with Crippen molar-refractivity contribution < 1.29 is 14.3 Å². The fourth-order valence-electron chi connectivity index (χ4n) is 3.73. The van der Waals surface area contributed by atoms with E-state index < -0.39 is 17.7 Å². The maximum absolute atomic E-state index is 12.4. The number of aliphatic imine (C=N–C) groups is 1. The summed E-state index contributed by atoms with van der Waals surface area (Å²) in [6.45, 7) is 8.22. The second kappa shape index (κ2) is 12.2. The Hall–Kier alpha value is -4.13. The average molecular weight is 532 g/mol. The van der Waals surface area contributed by atoms with Crippen molar-refractivity contribution in [1.29, 1.82) is 0 Å². The molecule has 1 aliphatic heterocycles. The highest BCUT2D eigenvalue weighted by Crippen LogP contribution is 2.27. The molecule has 1 aliphatic carbocycles. The van der Waals surface area contributed by atoms with Crippen molar-refractivity contribution in [3.63, 3.8) is 0 Å². The first-order chi connectivity index (χ1) is 18.6. The van der Waals surface area contributed by atoms with Crippen LogP contribution >= 0.6 is 0 Å². The van der Waals surface area contributed by atoms with Crippen LogP contribution in [0.5, 0.6) is 0 Å². The number of carbonyl (C=O) groups is 2. The molecule has 3 N–H and O–H groups in total. The number of fused-ring (bicyclic) bond motifs is 1. The molecule has 0 unspecified atom stereocenters. The van der Waals surface area contributed by atoms with Gasteiger partial charge in [0.05, 0.1) is 18.3 Å². The molecule has 2 aliphatic rings. The van der Waals surface area contributed by atoms with E-state index >= 15 is 0 Å². The van der Waals surface area contributed by atoms with Crippen LogP contribution in [0.2, 0.25) is 0 Å². The van der Waals surface area contributed by atoms with Gasteiger partial charge in [-0.1, -0.05) is 17.9 Å². The standard InChI is InChI=1S/C29H37N7O3/c1-19(36(5)28(38)39-29(2,3)4)26(37)31-14-8-6-7-9-21-18-32-27(35-25(21)33-23-12-13-23)34-24-11-10-20-16-30-17-22(20)15-24/h10-11,15,17-19,23H,6,8,12-14,16H2,1-5H3,(H,31,37)(H2,32,33,34,35)/t19-/m0/s1. The summed E-state index contributed by atoms with van der Waals surface area (Å²) in [5.74, 6) is 7.32. The van der Waals surface area contributed by atoms with Gasteiger partial charge in [-0.25, -0.2) is 9.78 Å². The smallest absolute Gasteiger partial charge is 0.410 e. The highest BCUT2D eigenvalue weighted by Gasteiger charge is 2.26. The van der Waals surface area contributed by atoms with Crippen LogP contribution in [-0.2, 0) is 16.1 Å². The maximum atomic E-state index is 12.4. The zero-order chi connectivity index (χ0) is 28.0. The molecule has 10 nitrogen and oxygen atoms in total. The van der Waals surface area contributed by atoms with E-state index in [-0.39, 0.29) is 5.91 Å². The van der Waals surface area contributed by atoms with Gasteiger partial charge in [-0.05, 0) is 70.2 Å². The Morgan fingerprint density at radius 3 is 2.79 bits per heavy atom. The van der Waals surface area contributed by atoms with Crippen LogP contribution in [0.3, 0.4) is 0 Å². The number of rotatable bonds is 9. The number of hydrogen-bond acceptors (Lipinski definition) is 8. The molecule has 2 aromatic rings. The second-order valence-electron chi connectivity index (χ2n) is 10.8. The van der Waals surface area contributed by atoms with E-state index in [4.69, 9.17) is 4.74 Å². The molecule has 1 fully saturated rings. The topological polar surface area (TPSA) is 121 Å². The van der Waals surface area contributed by atoms with Gasteiger partial charge in [0, 0.05) is 38.0 Å². The molecule has 2 heterocycles. The lowest BCUT2D eigenvalue weighted by molar-refractivity contribution is -0.125. The van der Waals surface area contributed by atoms with Gasteiger partial charge >= 0.3 is 6.09 Å². The lowest BCUT2D eigenvalue weighted by Gasteiger charge is -2.28. The third-order valence-corrected chi connectivity index (χ3v) is 6.24. The lowest BCUT2D eigenvalue weighted by atomic mass is 10.1. The summed E-state index contributed by atoms with van der Waals surface area (Å²) in [4.78, 5) is 39.4. The van der Waals surface area contributed by atoms with Crippen LogP contribution in [0.4, 0.5) is 22.2 Å². The van der Waals surface area contributed by atoms with Crippen molar-refractivity contribution in [1.82, 2.24) is 20.2 Å². The van der Waals surface area contributed by atoms with E-state index in [9.17, 15) is 9.59 Å². The van der Waals surface area contributed by atoms with Crippen molar-refractivity contribution in [2.75, 3.05) is 24.2 Å². The second-order valence-corrected chi connectivity index (χ2v) is 10.8. The zero-order valence-electron chi connectivity index (χ0n) is 23.3. The molecule has 39 heavy (non-hydrogen) atoms. The quantitative estimate of drug-likeness (QED) is 0.327. The first-order valence-electron chi connectivity index (χ1n) is 13.3. The van der Waals surface area contributed by atoms with Crippen molar-refractivity contribution >= 4 is 35.7 Å². The minimum atomic E-state index is -0.642. The predicted molar refractivity (Wildman–Crippen MR) is 152 cm³/mol. The fourth-order valence-corrected chi connectivity index (χ4v) is 3.73. The van der Waals surface area contributed by atoms with Gasteiger partial charge in [0.25, 0.3) is 0 Å². The molecular formula is C29H37N7O3. The molecule has 0 radical (unpaired) electrons. The largest absolute Gasteiger partial charge is 0.444 e. The number of anilines is 3. The minimum absolute atomic E-state index is 0.237. The molecular weight excluding hydrogens is 494 g/mol. The molecule has 0 saturated heterocycles. The maximum Gasteiger partial charge on any atom is 0.410 e. The summed E-state index contributed by atoms with van der Waals surface area (Å²) in [6.07, 6.45) is 6.59. The monoisotopic (exact) mass is 531 g/mol. The number of benzene rings is 1. The summed E-state index contributed by atoms with van der Waals surface area (Å²) in [7, 11) is 1.56. The number of aromatic nitrogens is 2. The lowest BCUT2D eigenvalue weighted by Crippen LogP contribution is -2.47. The Morgan fingerprint density at radius 1 is 1.26 bits per heavy atom. The van der Waals surface area contributed by atoms with Crippen LogP contribution in [-0.4, -0.2) is 64.4 Å². The summed E-state index contributed by atoms with van der Waals surface area (Å²) >= 11 is 0. The molecule has 1 atom stereocenters. The van der Waals surface area contributed by atoms with Gasteiger partial charge in [0.15, 0.2) is 0 Å². The predicted octanol–water partition coefficient (Wildman–Crippen LogP) is 4.23. The highest BCUT2D eigenvalue weighted by atomic mass is 16.6. The number of likely N-dealkylation sites (N-methyl/N-ethyl adjacent to an activating group) is 1. The highest BCUT2D eigenvalue weighted by molar-refractivity contribution is 5.86. The molecule has 0 spiro atoms. The van der Waals surface area contributed by atoms with E-state index in [1.165, 1.54) is 10.5 Å². The molecule has 1 saturated carbocycles. The molecule has 10 heteroatoms. The Kier molecular flexibility index (Phi) is 8.69. The van der Waals surface area contributed by atoms with Gasteiger partial charge in [0.2, 0.25) is 11.9 Å². The molecule has 1 aromatic carbocycles. The van der Waals surface area contributed by atoms with Gasteiger partial charge < -0.3 is 20.7 Å². The molecule has 1 aromatic heterocycles. The fraction of sp³-hybridized carbons (Fsp3) is 0.483. The summed E-state index contributed by atoms with van der Waals surface area (Å²) in [5, 5.41) is 9.59. The third kappa shape index (κ3) is 8.18. The summed E-state index contributed by atoms with van der Waals surface area (Å²) in [5.41, 5.74) is 3.36. The first-order valence-corrected chi connectivity index (χ1v) is 13.3. The normalized spacial score (nSPS) is 14.5.